The van der Waals surface area contributed by atoms with Gasteiger partial charge >= 0.3 is 0 Å². The van der Waals surface area contributed by atoms with Gasteiger partial charge in [-0.2, -0.15) is 0 Å². The normalized spacial score (nSPS) is 28.6. The van der Waals surface area contributed by atoms with Gasteiger partial charge < -0.3 is 9.84 Å². The van der Waals surface area contributed by atoms with Gasteiger partial charge in [-0.15, -0.1) is 0 Å². The first-order valence-corrected chi connectivity index (χ1v) is 6.98. The monoisotopic (exact) mass is 248 g/mol. The molecule has 0 radical (unpaired) electrons. The lowest BCUT2D eigenvalue weighted by Crippen LogP contribution is -2.40. The molecule has 0 bridgehead atoms. The van der Waals surface area contributed by atoms with E-state index in [2.05, 4.69) is 45.0 Å². The Balaban J connectivity index is 2.18. The van der Waals surface area contributed by atoms with Crippen molar-refractivity contribution in [3.8, 4) is 0 Å². The third-order valence-corrected chi connectivity index (χ3v) is 4.03. The van der Waals surface area contributed by atoms with E-state index in [4.69, 9.17) is 4.74 Å². The second-order valence-corrected chi connectivity index (χ2v) is 5.69. The van der Waals surface area contributed by atoms with E-state index in [-0.39, 0.29) is 6.10 Å². The number of aliphatic hydroxyl groups is 1. The van der Waals surface area contributed by atoms with E-state index in [1.807, 2.05) is 0 Å². The van der Waals surface area contributed by atoms with Crippen LogP contribution < -0.4 is 0 Å². The minimum atomic E-state index is -0.709. The van der Waals surface area contributed by atoms with Gasteiger partial charge in [0.1, 0.15) is 0 Å². The van der Waals surface area contributed by atoms with Crippen molar-refractivity contribution in [3.05, 3.63) is 35.4 Å². The summed E-state index contributed by atoms with van der Waals surface area (Å²) in [5, 5.41) is 10.8. The summed E-state index contributed by atoms with van der Waals surface area (Å²) < 4.78 is 5.74. The minimum Gasteiger partial charge on any atom is -0.385 e. The van der Waals surface area contributed by atoms with Gasteiger partial charge in [-0.05, 0) is 23.5 Å². The van der Waals surface area contributed by atoms with Crippen molar-refractivity contribution in [2.75, 3.05) is 6.61 Å². The van der Waals surface area contributed by atoms with Crippen molar-refractivity contribution >= 4 is 0 Å². The van der Waals surface area contributed by atoms with E-state index in [0.29, 0.717) is 25.4 Å². The van der Waals surface area contributed by atoms with Gasteiger partial charge in [-0.25, -0.2) is 0 Å². The molecule has 0 saturated carbocycles. The zero-order chi connectivity index (χ0) is 13.2. The number of aryl methyl sites for hydroxylation is 1. The van der Waals surface area contributed by atoms with Crippen molar-refractivity contribution in [3.63, 3.8) is 0 Å². The summed E-state index contributed by atoms with van der Waals surface area (Å²) in [5.74, 6) is 0.451. The summed E-state index contributed by atoms with van der Waals surface area (Å²) in [6.07, 6.45) is 2.60. The van der Waals surface area contributed by atoms with Gasteiger partial charge in [-0.3, -0.25) is 0 Å². The fraction of sp³-hybridized carbons (Fsp3) is 0.625. The Kier molecular flexibility index (Phi) is 4.08. The first-order valence-electron chi connectivity index (χ1n) is 6.98. The molecule has 0 aromatic heterocycles. The predicted molar refractivity (Wildman–Crippen MR) is 73.5 cm³/mol. The van der Waals surface area contributed by atoms with Crippen LogP contribution in [-0.2, 0) is 16.8 Å². The summed E-state index contributed by atoms with van der Waals surface area (Å²) in [5.41, 5.74) is 1.64. The molecule has 1 saturated heterocycles. The smallest absolute Gasteiger partial charge is 0.0943 e. The molecular formula is C16H24O2. The SMILES string of the molecule is CCc1ccc(C2(O)CCOC(C(C)C)C2)cc1. The molecule has 2 unspecified atom stereocenters. The molecule has 1 heterocycles. The number of hydrogen-bond acceptors (Lipinski definition) is 2. The average Bonchev–Trinajstić information content (AvgIpc) is 2.39. The fourth-order valence-corrected chi connectivity index (χ4v) is 2.61. The topological polar surface area (TPSA) is 29.5 Å². The Morgan fingerprint density at radius 3 is 2.56 bits per heavy atom. The Hall–Kier alpha value is -0.860. The second-order valence-electron chi connectivity index (χ2n) is 5.69. The van der Waals surface area contributed by atoms with Gasteiger partial charge in [0.2, 0.25) is 0 Å². The van der Waals surface area contributed by atoms with Crippen molar-refractivity contribution in [2.45, 2.75) is 51.7 Å². The van der Waals surface area contributed by atoms with Crippen molar-refractivity contribution < 1.29 is 9.84 Å². The Morgan fingerprint density at radius 2 is 2.00 bits per heavy atom. The van der Waals surface area contributed by atoms with Crippen LogP contribution in [0.15, 0.2) is 24.3 Å². The van der Waals surface area contributed by atoms with Gasteiger partial charge in [0.25, 0.3) is 0 Å². The highest BCUT2D eigenvalue weighted by atomic mass is 16.5. The minimum absolute atomic E-state index is 0.162. The molecular weight excluding hydrogens is 224 g/mol. The van der Waals surface area contributed by atoms with Gasteiger partial charge in [0.15, 0.2) is 0 Å². The lowest BCUT2D eigenvalue weighted by atomic mass is 9.81. The molecule has 2 rings (SSSR count). The van der Waals surface area contributed by atoms with Crippen LogP contribution in [0.2, 0.25) is 0 Å². The van der Waals surface area contributed by atoms with Gasteiger partial charge in [-0.1, -0.05) is 45.0 Å². The molecule has 0 spiro atoms. The molecule has 1 aliphatic rings. The highest BCUT2D eigenvalue weighted by Crippen LogP contribution is 2.36. The largest absolute Gasteiger partial charge is 0.385 e. The van der Waals surface area contributed by atoms with Crippen LogP contribution in [0, 0.1) is 5.92 Å². The number of benzene rings is 1. The predicted octanol–water partition coefficient (Wildman–Crippen LogP) is 3.27. The summed E-state index contributed by atoms with van der Waals surface area (Å²) in [4.78, 5) is 0. The summed E-state index contributed by atoms with van der Waals surface area (Å²) >= 11 is 0. The van der Waals surface area contributed by atoms with E-state index in [1.165, 1.54) is 5.56 Å². The molecule has 0 aliphatic carbocycles. The lowest BCUT2D eigenvalue weighted by molar-refractivity contribution is -0.121. The Labute approximate surface area is 110 Å². The zero-order valence-corrected chi connectivity index (χ0v) is 11.6. The molecule has 0 amide bonds. The molecule has 1 aromatic rings. The van der Waals surface area contributed by atoms with E-state index >= 15 is 0 Å². The van der Waals surface area contributed by atoms with E-state index in [0.717, 1.165) is 12.0 Å². The molecule has 1 aliphatic heterocycles. The molecule has 1 fully saturated rings. The Morgan fingerprint density at radius 1 is 1.33 bits per heavy atom. The molecule has 2 heteroatoms. The quantitative estimate of drug-likeness (QED) is 0.889. The maximum atomic E-state index is 10.8. The number of ether oxygens (including phenoxy) is 1. The molecule has 1 aromatic carbocycles. The average molecular weight is 248 g/mol. The fourth-order valence-electron chi connectivity index (χ4n) is 2.61. The first kappa shape index (κ1) is 13.6. The van der Waals surface area contributed by atoms with Crippen LogP contribution in [0.25, 0.3) is 0 Å². The highest BCUT2D eigenvalue weighted by molar-refractivity contribution is 5.27. The highest BCUT2D eigenvalue weighted by Gasteiger charge is 2.37. The van der Waals surface area contributed by atoms with Gasteiger partial charge in [0.05, 0.1) is 18.3 Å². The summed E-state index contributed by atoms with van der Waals surface area (Å²) in [7, 11) is 0. The molecule has 100 valence electrons. The number of hydrogen-bond donors (Lipinski definition) is 1. The summed E-state index contributed by atoms with van der Waals surface area (Å²) in [6, 6.07) is 8.38. The van der Waals surface area contributed by atoms with Crippen molar-refractivity contribution in [2.24, 2.45) is 5.92 Å². The van der Waals surface area contributed by atoms with Crippen LogP contribution >= 0.6 is 0 Å². The van der Waals surface area contributed by atoms with Crippen molar-refractivity contribution in [1.29, 1.82) is 0 Å². The van der Waals surface area contributed by atoms with Crippen LogP contribution in [0.1, 0.15) is 44.7 Å². The lowest BCUT2D eigenvalue weighted by Gasteiger charge is -2.39. The van der Waals surface area contributed by atoms with Crippen molar-refractivity contribution in [1.82, 2.24) is 0 Å². The zero-order valence-electron chi connectivity index (χ0n) is 11.6. The molecule has 2 nitrogen and oxygen atoms in total. The maximum Gasteiger partial charge on any atom is 0.0943 e. The third kappa shape index (κ3) is 2.76. The first-order chi connectivity index (χ1) is 8.55. The Bertz CT molecular complexity index is 383. The summed E-state index contributed by atoms with van der Waals surface area (Å²) in [6.45, 7) is 7.09. The van der Waals surface area contributed by atoms with Crippen LogP contribution in [0.3, 0.4) is 0 Å². The second kappa shape index (κ2) is 5.41. The van der Waals surface area contributed by atoms with Crippen LogP contribution in [0.5, 0.6) is 0 Å². The molecule has 18 heavy (non-hydrogen) atoms. The standard InChI is InChI=1S/C16H24O2/c1-4-13-5-7-14(8-6-13)16(17)9-10-18-15(11-16)12(2)3/h5-8,12,15,17H,4,9-11H2,1-3H3. The van der Waals surface area contributed by atoms with E-state index in [9.17, 15) is 5.11 Å². The van der Waals surface area contributed by atoms with Gasteiger partial charge in [0, 0.05) is 12.8 Å². The maximum absolute atomic E-state index is 10.8. The van der Waals surface area contributed by atoms with E-state index < -0.39 is 5.60 Å². The van der Waals surface area contributed by atoms with Crippen LogP contribution in [-0.4, -0.2) is 17.8 Å². The number of rotatable bonds is 3. The third-order valence-electron chi connectivity index (χ3n) is 4.03. The van der Waals surface area contributed by atoms with E-state index in [1.54, 1.807) is 0 Å². The van der Waals surface area contributed by atoms with Crippen LogP contribution in [0.4, 0.5) is 0 Å². The molecule has 1 N–H and O–H groups in total. The molecule has 2 atom stereocenters.